The number of carbonyl (C=O) groups is 4. The Kier molecular flexibility index (Phi) is 7.92. The molecule has 0 aromatic heterocycles. The molecular formula is C34H38N2O8. The standard InChI is InChI=1S/C34H38N2O8/c1-15(2)11-24(38)36-14-17-5-7-18(8-6-17)20-9-10-23(37)27-21(20)12-19-13-22-25(16(3)4)29(39)28(33(35)43)32(42)34(22,44)31(41)26(19)30(27)40/h5-10,15-16,19,22,25,37,40,42,44H,11-14H2,1-4H3,(H2,35,43)(H,36,38)/t19-,22-,25-,34-/m0/s1. The monoisotopic (exact) mass is 602 g/mol. The van der Waals surface area contributed by atoms with Gasteiger partial charge in [0.25, 0.3) is 5.91 Å². The van der Waals surface area contributed by atoms with Crippen LogP contribution in [-0.2, 0) is 32.1 Å². The van der Waals surface area contributed by atoms with E-state index in [-0.39, 0.29) is 41.6 Å². The Balaban J connectivity index is 1.56. The second kappa shape index (κ2) is 11.2. The molecule has 0 heterocycles. The third-order valence-electron chi connectivity index (χ3n) is 9.20. The van der Waals surface area contributed by atoms with Crippen molar-refractivity contribution in [2.24, 2.45) is 35.3 Å². The van der Waals surface area contributed by atoms with Crippen molar-refractivity contribution < 1.29 is 39.6 Å². The summed E-state index contributed by atoms with van der Waals surface area (Å²) in [5.74, 6) is -7.76. The summed E-state index contributed by atoms with van der Waals surface area (Å²) in [5.41, 5.74) is 4.80. The summed E-state index contributed by atoms with van der Waals surface area (Å²) in [5, 5.41) is 48.0. The summed E-state index contributed by atoms with van der Waals surface area (Å²) < 4.78 is 0. The molecular weight excluding hydrogens is 564 g/mol. The van der Waals surface area contributed by atoms with Crippen molar-refractivity contribution in [3.05, 3.63) is 70.0 Å². The van der Waals surface area contributed by atoms with Crippen molar-refractivity contribution in [1.29, 1.82) is 0 Å². The summed E-state index contributed by atoms with van der Waals surface area (Å²) in [6, 6.07) is 10.6. The normalized spacial score (nSPS) is 24.8. The zero-order valence-corrected chi connectivity index (χ0v) is 25.2. The number of phenolic OH excluding ortho intramolecular Hbond substituents is 1. The van der Waals surface area contributed by atoms with Gasteiger partial charge in [0.15, 0.2) is 11.4 Å². The van der Waals surface area contributed by atoms with Crippen molar-refractivity contribution in [2.75, 3.05) is 0 Å². The molecule has 232 valence electrons. The summed E-state index contributed by atoms with van der Waals surface area (Å²) >= 11 is 0. The van der Waals surface area contributed by atoms with Crippen molar-refractivity contribution in [3.8, 4) is 16.9 Å². The fraction of sp³-hybridized carbons (Fsp3) is 0.412. The first-order chi connectivity index (χ1) is 20.7. The molecule has 2 amide bonds. The van der Waals surface area contributed by atoms with Crippen LogP contribution in [0.15, 0.2) is 53.3 Å². The molecule has 3 aliphatic carbocycles. The van der Waals surface area contributed by atoms with E-state index >= 15 is 0 Å². The van der Waals surface area contributed by atoms with E-state index in [0.717, 1.165) is 11.1 Å². The maximum Gasteiger partial charge on any atom is 0.255 e. The lowest BCUT2D eigenvalue weighted by Gasteiger charge is -2.50. The van der Waals surface area contributed by atoms with Crippen LogP contribution in [0.5, 0.6) is 5.75 Å². The summed E-state index contributed by atoms with van der Waals surface area (Å²) in [6.45, 7) is 7.77. The van der Waals surface area contributed by atoms with Gasteiger partial charge < -0.3 is 31.5 Å². The molecule has 10 heteroatoms. The number of phenols is 1. The zero-order valence-electron chi connectivity index (χ0n) is 25.2. The SMILES string of the molecule is CC(C)CC(=O)NCc1ccc(-c2ccc(O)c3c2C[C@H]2C[C@H]4[C@H](C(C)C)C(=O)C(C(N)=O)=C(O)[C@@]4(O)C(=O)C2=C3O)cc1. The predicted octanol–water partition coefficient (Wildman–Crippen LogP) is 3.64. The second-order valence-corrected chi connectivity index (χ2v) is 12.9. The topological polar surface area (TPSA) is 187 Å². The highest BCUT2D eigenvalue weighted by Gasteiger charge is 2.64. The number of hydrogen-bond donors (Lipinski definition) is 6. The lowest BCUT2D eigenvalue weighted by Crippen LogP contribution is -2.62. The first kappa shape index (κ1) is 31.0. The minimum atomic E-state index is -2.64. The van der Waals surface area contributed by atoms with E-state index in [0.29, 0.717) is 24.1 Å². The van der Waals surface area contributed by atoms with Crippen LogP contribution in [0.4, 0.5) is 0 Å². The fourth-order valence-electron chi connectivity index (χ4n) is 7.20. The molecule has 2 aromatic carbocycles. The molecule has 5 rings (SSSR count). The first-order valence-electron chi connectivity index (χ1n) is 14.9. The lowest BCUT2D eigenvalue weighted by atomic mass is 9.54. The van der Waals surface area contributed by atoms with Gasteiger partial charge in [-0.15, -0.1) is 0 Å². The third-order valence-corrected chi connectivity index (χ3v) is 9.20. The van der Waals surface area contributed by atoms with Crippen LogP contribution in [0.1, 0.15) is 57.2 Å². The van der Waals surface area contributed by atoms with Crippen molar-refractivity contribution >= 4 is 29.1 Å². The highest BCUT2D eigenvalue weighted by Crippen LogP contribution is 2.55. The molecule has 10 nitrogen and oxygen atoms in total. The number of nitrogens with one attached hydrogen (secondary N) is 1. The number of fused-ring (bicyclic) bond motifs is 3. The Morgan fingerprint density at radius 1 is 1.02 bits per heavy atom. The van der Waals surface area contributed by atoms with Gasteiger partial charge in [-0.05, 0) is 58.9 Å². The number of primary amides is 1. The molecule has 0 spiro atoms. The Hall–Kier alpha value is -4.44. The van der Waals surface area contributed by atoms with Crippen LogP contribution in [0.3, 0.4) is 0 Å². The van der Waals surface area contributed by atoms with E-state index in [2.05, 4.69) is 5.32 Å². The van der Waals surface area contributed by atoms with Gasteiger partial charge >= 0.3 is 0 Å². The van der Waals surface area contributed by atoms with Gasteiger partial charge in [0.1, 0.15) is 22.8 Å². The Morgan fingerprint density at radius 2 is 1.68 bits per heavy atom. The zero-order chi connectivity index (χ0) is 32.2. The quantitative estimate of drug-likeness (QED) is 0.259. The van der Waals surface area contributed by atoms with E-state index in [9.17, 15) is 39.6 Å². The van der Waals surface area contributed by atoms with Crippen LogP contribution in [0.2, 0.25) is 0 Å². The van der Waals surface area contributed by atoms with Crippen LogP contribution in [0, 0.1) is 29.6 Å². The number of aromatic hydroxyl groups is 1. The molecule has 0 radical (unpaired) electrons. The Labute approximate surface area is 255 Å². The molecule has 0 bridgehead atoms. The molecule has 44 heavy (non-hydrogen) atoms. The number of benzene rings is 2. The summed E-state index contributed by atoms with van der Waals surface area (Å²) in [4.78, 5) is 51.6. The maximum absolute atomic E-state index is 14.0. The maximum atomic E-state index is 14.0. The molecule has 3 aliphatic rings. The van der Waals surface area contributed by atoms with Crippen molar-refractivity contribution in [1.82, 2.24) is 5.32 Å². The third kappa shape index (κ3) is 4.87. The van der Waals surface area contributed by atoms with Gasteiger partial charge in [0.05, 0.1) is 5.56 Å². The van der Waals surface area contributed by atoms with Gasteiger partial charge in [-0.2, -0.15) is 0 Å². The molecule has 1 saturated carbocycles. The Morgan fingerprint density at radius 3 is 2.27 bits per heavy atom. The molecule has 7 N–H and O–H groups in total. The number of Topliss-reactive ketones (excluding diaryl/α,β-unsaturated/α-hetero) is 2. The molecule has 4 atom stereocenters. The minimum absolute atomic E-state index is 0.0299. The molecule has 0 aliphatic heterocycles. The van der Waals surface area contributed by atoms with Gasteiger partial charge in [-0.25, -0.2) is 0 Å². The first-order valence-corrected chi connectivity index (χ1v) is 14.9. The van der Waals surface area contributed by atoms with E-state index < -0.39 is 63.8 Å². The van der Waals surface area contributed by atoms with Crippen LogP contribution in [-0.4, -0.2) is 49.4 Å². The molecule has 0 saturated heterocycles. The van der Waals surface area contributed by atoms with E-state index in [1.54, 1.807) is 19.9 Å². The van der Waals surface area contributed by atoms with Gasteiger partial charge in [-0.1, -0.05) is 58.0 Å². The van der Waals surface area contributed by atoms with Crippen molar-refractivity contribution in [2.45, 2.75) is 59.1 Å². The summed E-state index contributed by atoms with van der Waals surface area (Å²) in [6.07, 6.45) is 0.693. The van der Waals surface area contributed by atoms with Gasteiger partial charge in [0.2, 0.25) is 11.7 Å². The number of carbonyl (C=O) groups excluding carboxylic acids is 4. The summed E-state index contributed by atoms with van der Waals surface area (Å²) in [7, 11) is 0. The number of ketones is 2. The van der Waals surface area contributed by atoms with Crippen LogP contribution >= 0.6 is 0 Å². The smallest absolute Gasteiger partial charge is 0.255 e. The Bertz CT molecular complexity index is 1630. The van der Waals surface area contributed by atoms with Crippen molar-refractivity contribution in [3.63, 3.8) is 0 Å². The molecule has 2 aromatic rings. The van der Waals surface area contributed by atoms with E-state index in [1.165, 1.54) is 6.07 Å². The largest absolute Gasteiger partial charge is 0.508 e. The predicted molar refractivity (Wildman–Crippen MR) is 162 cm³/mol. The van der Waals surface area contributed by atoms with Crippen LogP contribution < -0.4 is 11.1 Å². The number of aliphatic hydroxyl groups excluding tert-OH is 2. The fourth-order valence-corrected chi connectivity index (χ4v) is 7.20. The van der Waals surface area contributed by atoms with Gasteiger partial charge in [-0.3, -0.25) is 19.2 Å². The lowest BCUT2D eigenvalue weighted by molar-refractivity contribution is -0.155. The second-order valence-electron chi connectivity index (χ2n) is 12.9. The highest BCUT2D eigenvalue weighted by molar-refractivity contribution is 6.23. The average molecular weight is 603 g/mol. The molecule has 0 unspecified atom stereocenters. The van der Waals surface area contributed by atoms with Crippen LogP contribution in [0.25, 0.3) is 16.9 Å². The number of hydrogen-bond acceptors (Lipinski definition) is 8. The number of rotatable bonds is 7. The number of amides is 2. The minimum Gasteiger partial charge on any atom is -0.508 e. The van der Waals surface area contributed by atoms with E-state index in [4.69, 9.17) is 5.73 Å². The highest BCUT2D eigenvalue weighted by atomic mass is 16.3. The average Bonchev–Trinajstić information content (AvgIpc) is 2.93. The van der Waals surface area contributed by atoms with Gasteiger partial charge in [0, 0.05) is 30.4 Å². The number of nitrogens with two attached hydrogens (primary N) is 1. The molecule has 1 fully saturated rings. The number of aliphatic hydroxyl groups is 3. The van der Waals surface area contributed by atoms with E-state index in [1.807, 2.05) is 38.1 Å².